The number of hydrogen-bond acceptors (Lipinski definition) is 4. The van der Waals surface area contributed by atoms with E-state index in [2.05, 4.69) is 5.32 Å². The SMILES string of the molecule is Cc1ccc(OCNC(=O)N(C=O)CCCN)c(C)c1. The highest BCUT2D eigenvalue weighted by Crippen LogP contribution is 2.18. The first-order valence-electron chi connectivity index (χ1n) is 6.48. The van der Waals surface area contributed by atoms with Crippen molar-refractivity contribution in [1.29, 1.82) is 0 Å². The minimum atomic E-state index is -0.488. The van der Waals surface area contributed by atoms with Crippen LogP contribution in [0.25, 0.3) is 0 Å². The fraction of sp³-hybridized carbons (Fsp3) is 0.429. The van der Waals surface area contributed by atoms with Gasteiger partial charge in [-0.15, -0.1) is 0 Å². The number of rotatable bonds is 7. The van der Waals surface area contributed by atoms with E-state index >= 15 is 0 Å². The summed E-state index contributed by atoms with van der Waals surface area (Å²) in [6, 6.07) is 5.29. The molecule has 3 amide bonds. The lowest BCUT2D eigenvalue weighted by Gasteiger charge is -2.16. The van der Waals surface area contributed by atoms with Gasteiger partial charge in [-0.3, -0.25) is 9.69 Å². The lowest BCUT2D eigenvalue weighted by molar-refractivity contribution is -0.115. The molecule has 0 saturated heterocycles. The standard InChI is InChI=1S/C14H21N3O3/c1-11-4-5-13(12(2)8-11)20-9-16-14(19)17(10-18)7-3-6-15/h4-5,8,10H,3,6-7,9,15H2,1-2H3,(H,16,19). The average molecular weight is 279 g/mol. The van der Waals surface area contributed by atoms with E-state index in [1.165, 1.54) is 0 Å². The van der Waals surface area contributed by atoms with E-state index in [-0.39, 0.29) is 6.73 Å². The first-order valence-corrected chi connectivity index (χ1v) is 6.48. The zero-order chi connectivity index (χ0) is 15.0. The van der Waals surface area contributed by atoms with Crippen molar-refractivity contribution in [3.63, 3.8) is 0 Å². The van der Waals surface area contributed by atoms with E-state index < -0.39 is 6.03 Å². The fourth-order valence-electron chi connectivity index (χ4n) is 1.70. The lowest BCUT2D eigenvalue weighted by Crippen LogP contribution is -2.41. The van der Waals surface area contributed by atoms with Gasteiger partial charge in [-0.2, -0.15) is 0 Å². The molecule has 0 aromatic heterocycles. The molecular formula is C14H21N3O3. The highest BCUT2D eigenvalue weighted by atomic mass is 16.5. The second-order valence-corrected chi connectivity index (χ2v) is 4.48. The van der Waals surface area contributed by atoms with Crippen molar-refractivity contribution in [2.24, 2.45) is 5.73 Å². The molecule has 0 bridgehead atoms. The van der Waals surface area contributed by atoms with Crippen molar-refractivity contribution in [1.82, 2.24) is 10.2 Å². The van der Waals surface area contributed by atoms with Gasteiger partial charge in [-0.05, 0) is 38.4 Å². The van der Waals surface area contributed by atoms with Crippen LogP contribution in [0.1, 0.15) is 17.5 Å². The molecule has 0 aliphatic rings. The molecule has 0 spiro atoms. The molecule has 0 unspecified atom stereocenters. The lowest BCUT2D eigenvalue weighted by atomic mass is 10.1. The predicted octanol–water partition coefficient (Wildman–Crippen LogP) is 1.16. The maximum atomic E-state index is 11.7. The molecule has 0 aliphatic carbocycles. The number of carbonyl (C=O) groups excluding carboxylic acids is 2. The van der Waals surface area contributed by atoms with Crippen LogP contribution in [0.2, 0.25) is 0 Å². The highest BCUT2D eigenvalue weighted by Gasteiger charge is 2.11. The van der Waals surface area contributed by atoms with Crippen LogP contribution in [0.15, 0.2) is 18.2 Å². The molecule has 3 N–H and O–H groups in total. The Morgan fingerprint density at radius 2 is 2.20 bits per heavy atom. The molecule has 6 nitrogen and oxygen atoms in total. The van der Waals surface area contributed by atoms with Gasteiger partial charge < -0.3 is 15.8 Å². The van der Waals surface area contributed by atoms with Gasteiger partial charge in [-0.25, -0.2) is 4.79 Å². The van der Waals surface area contributed by atoms with Gasteiger partial charge in [0.1, 0.15) is 5.75 Å². The Bertz CT molecular complexity index is 463. The van der Waals surface area contributed by atoms with Crippen LogP contribution in [-0.2, 0) is 4.79 Å². The summed E-state index contributed by atoms with van der Waals surface area (Å²) in [5.74, 6) is 0.704. The van der Waals surface area contributed by atoms with Gasteiger partial charge >= 0.3 is 6.03 Å². The summed E-state index contributed by atoms with van der Waals surface area (Å²) in [7, 11) is 0. The van der Waals surface area contributed by atoms with Crippen LogP contribution in [0.4, 0.5) is 4.79 Å². The van der Waals surface area contributed by atoms with Crippen molar-refractivity contribution in [2.45, 2.75) is 20.3 Å². The first kappa shape index (κ1) is 16.0. The number of aryl methyl sites for hydroxylation is 2. The molecule has 1 aromatic carbocycles. The number of imide groups is 1. The summed E-state index contributed by atoms with van der Waals surface area (Å²) >= 11 is 0. The number of ether oxygens (including phenoxy) is 1. The molecular weight excluding hydrogens is 258 g/mol. The number of amides is 3. The fourth-order valence-corrected chi connectivity index (χ4v) is 1.70. The quantitative estimate of drug-likeness (QED) is 0.579. The zero-order valence-corrected chi connectivity index (χ0v) is 11.9. The van der Waals surface area contributed by atoms with Crippen LogP contribution in [0, 0.1) is 13.8 Å². The van der Waals surface area contributed by atoms with Crippen molar-refractivity contribution in [2.75, 3.05) is 19.8 Å². The Kier molecular flexibility index (Phi) is 6.52. The van der Waals surface area contributed by atoms with Crippen LogP contribution in [-0.4, -0.2) is 37.2 Å². The maximum Gasteiger partial charge on any atom is 0.326 e. The number of urea groups is 1. The molecule has 0 heterocycles. The van der Waals surface area contributed by atoms with E-state index in [1.54, 1.807) is 0 Å². The topological polar surface area (TPSA) is 84.7 Å². The maximum absolute atomic E-state index is 11.7. The van der Waals surface area contributed by atoms with Crippen molar-refractivity contribution in [3.05, 3.63) is 29.3 Å². The average Bonchev–Trinajstić information content (AvgIpc) is 2.42. The second-order valence-electron chi connectivity index (χ2n) is 4.48. The number of carbonyl (C=O) groups is 2. The van der Waals surface area contributed by atoms with E-state index in [1.807, 2.05) is 32.0 Å². The molecule has 0 fully saturated rings. The van der Waals surface area contributed by atoms with Crippen molar-refractivity contribution in [3.8, 4) is 5.75 Å². The molecule has 0 atom stereocenters. The first-order chi connectivity index (χ1) is 9.58. The Balaban J connectivity index is 2.42. The van der Waals surface area contributed by atoms with E-state index in [9.17, 15) is 9.59 Å². The van der Waals surface area contributed by atoms with Crippen molar-refractivity contribution < 1.29 is 14.3 Å². The van der Waals surface area contributed by atoms with Gasteiger partial charge in [0.2, 0.25) is 6.41 Å². The largest absolute Gasteiger partial charge is 0.473 e. The third-order valence-electron chi connectivity index (χ3n) is 2.77. The number of nitrogens with zero attached hydrogens (tertiary/aromatic N) is 1. The third kappa shape index (κ3) is 4.89. The zero-order valence-electron chi connectivity index (χ0n) is 11.9. The molecule has 110 valence electrons. The Morgan fingerprint density at radius 1 is 1.45 bits per heavy atom. The van der Waals surface area contributed by atoms with E-state index in [0.717, 1.165) is 16.0 Å². The molecule has 20 heavy (non-hydrogen) atoms. The molecule has 1 aromatic rings. The van der Waals surface area contributed by atoms with Crippen molar-refractivity contribution >= 4 is 12.4 Å². The molecule has 6 heteroatoms. The minimum absolute atomic E-state index is 0.00962. The summed E-state index contributed by atoms with van der Waals surface area (Å²) in [6.07, 6.45) is 1.06. The summed E-state index contributed by atoms with van der Waals surface area (Å²) in [5, 5.41) is 2.53. The summed E-state index contributed by atoms with van der Waals surface area (Å²) in [6.45, 7) is 4.67. The number of benzene rings is 1. The Hall–Kier alpha value is -2.08. The highest BCUT2D eigenvalue weighted by molar-refractivity contribution is 5.84. The smallest absolute Gasteiger partial charge is 0.326 e. The number of hydrogen-bond donors (Lipinski definition) is 2. The Morgan fingerprint density at radius 3 is 2.80 bits per heavy atom. The monoisotopic (exact) mass is 279 g/mol. The summed E-state index contributed by atoms with van der Waals surface area (Å²) in [5.41, 5.74) is 7.48. The minimum Gasteiger partial charge on any atom is -0.473 e. The van der Waals surface area contributed by atoms with E-state index in [4.69, 9.17) is 10.5 Å². The van der Waals surface area contributed by atoms with Gasteiger partial charge in [0, 0.05) is 6.54 Å². The van der Waals surface area contributed by atoms with Gasteiger partial charge in [0.15, 0.2) is 6.73 Å². The molecule has 0 aliphatic heterocycles. The molecule has 1 rings (SSSR count). The van der Waals surface area contributed by atoms with Crippen LogP contribution >= 0.6 is 0 Å². The van der Waals surface area contributed by atoms with Gasteiger partial charge in [-0.1, -0.05) is 17.7 Å². The number of nitrogens with one attached hydrogen (secondary N) is 1. The summed E-state index contributed by atoms with van der Waals surface area (Å²) in [4.78, 5) is 23.5. The molecule has 0 radical (unpaired) electrons. The van der Waals surface area contributed by atoms with Crippen LogP contribution in [0.5, 0.6) is 5.75 Å². The molecule has 0 saturated carbocycles. The van der Waals surface area contributed by atoms with Crippen LogP contribution in [0.3, 0.4) is 0 Å². The van der Waals surface area contributed by atoms with E-state index in [0.29, 0.717) is 31.7 Å². The predicted molar refractivity (Wildman–Crippen MR) is 76.4 cm³/mol. The normalized spacial score (nSPS) is 9.95. The second kappa shape index (κ2) is 8.16. The summed E-state index contributed by atoms with van der Waals surface area (Å²) < 4.78 is 5.46. The number of nitrogens with two attached hydrogens (primary N) is 1. The van der Waals surface area contributed by atoms with Gasteiger partial charge in [0.05, 0.1) is 0 Å². The van der Waals surface area contributed by atoms with Crippen LogP contribution < -0.4 is 15.8 Å². The third-order valence-corrected chi connectivity index (χ3v) is 2.77. The Labute approximate surface area is 118 Å². The van der Waals surface area contributed by atoms with Gasteiger partial charge in [0.25, 0.3) is 0 Å².